The third kappa shape index (κ3) is 2.16. The molecule has 6 heterocycles. The van der Waals surface area contributed by atoms with Crippen LogP contribution in [0, 0.1) is 0 Å². The largest absolute Gasteiger partial charge is 0.334 e. The zero-order valence-electron chi connectivity index (χ0n) is 18.5. The first-order valence-electron chi connectivity index (χ1n) is 11.2. The molecule has 10 heteroatoms. The van der Waals surface area contributed by atoms with Crippen molar-refractivity contribution < 1.29 is 14.3 Å². The van der Waals surface area contributed by atoms with E-state index in [1.54, 1.807) is 36.9 Å². The van der Waals surface area contributed by atoms with Crippen LogP contribution in [-0.4, -0.2) is 33.2 Å². The number of amides is 2. The standard InChI is InChI=1S/C24H22N6O4/c1-22(25)21(33)30-15-10-6-4-8-13(15)24(20(30)28-22)11-16-17(31)27-23(2,34-24)19-26-14-9-5-3-7-12(14)18(32)29(16)19/h3-10,16,20,28H,11,25H2,1-2H3,(H,27,31)/t16-,20-,22-,23+,24+/m0/s1. The summed E-state index contributed by atoms with van der Waals surface area (Å²) in [5, 5.41) is 6.62. The number of ether oxygens (including phenoxy) is 1. The maximum Gasteiger partial charge on any atom is 0.263 e. The monoisotopic (exact) mass is 458 g/mol. The molecule has 4 N–H and O–H groups in total. The predicted octanol–water partition coefficient (Wildman–Crippen LogP) is 0.507. The molecule has 2 saturated heterocycles. The van der Waals surface area contributed by atoms with Crippen molar-refractivity contribution in [2.45, 2.75) is 49.5 Å². The number of anilines is 1. The SMILES string of the molecule is C[C@]1(N)N[C@H]2N(C1=O)c1ccccc1[C@]21C[C@H]2C(=O)N[C@](C)(O1)c1nc3ccccc3c(=O)n12. The molecule has 8 rings (SSSR count). The van der Waals surface area contributed by atoms with Crippen LogP contribution < -0.4 is 26.8 Å². The lowest BCUT2D eigenvalue weighted by Gasteiger charge is -2.40. The highest BCUT2D eigenvalue weighted by Gasteiger charge is 2.67. The molecule has 5 atom stereocenters. The fraction of sp³-hybridized carbons (Fsp3) is 0.333. The summed E-state index contributed by atoms with van der Waals surface area (Å²) in [5.41, 5.74) is 4.08. The molecule has 10 nitrogen and oxygen atoms in total. The first-order chi connectivity index (χ1) is 16.2. The molecule has 0 radical (unpaired) electrons. The van der Waals surface area contributed by atoms with Gasteiger partial charge in [-0.3, -0.25) is 29.2 Å². The predicted molar refractivity (Wildman–Crippen MR) is 121 cm³/mol. The quantitative estimate of drug-likeness (QED) is 0.447. The Morgan fingerprint density at radius 1 is 1.09 bits per heavy atom. The van der Waals surface area contributed by atoms with Gasteiger partial charge in [0.15, 0.2) is 11.5 Å². The van der Waals surface area contributed by atoms with Gasteiger partial charge in [-0.25, -0.2) is 4.98 Å². The number of benzene rings is 2. The van der Waals surface area contributed by atoms with Crippen LogP contribution in [0.4, 0.5) is 5.69 Å². The molecule has 34 heavy (non-hydrogen) atoms. The Morgan fingerprint density at radius 3 is 2.65 bits per heavy atom. The van der Waals surface area contributed by atoms with E-state index in [0.717, 1.165) is 5.56 Å². The number of nitrogens with zero attached hydrogens (tertiary/aromatic N) is 3. The molecule has 2 amide bonds. The average Bonchev–Trinajstić information content (AvgIpc) is 3.08. The second-order valence-electron chi connectivity index (χ2n) is 9.80. The molecule has 0 aliphatic carbocycles. The molecule has 5 aliphatic heterocycles. The number of fused-ring (bicyclic) bond motifs is 5. The number of para-hydroxylation sites is 2. The van der Waals surface area contributed by atoms with E-state index in [1.165, 1.54) is 4.57 Å². The minimum Gasteiger partial charge on any atom is -0.334 e. The number of nitrogens with one attached hydrogen (secondary N) is 2. The van der Waals surface area contributed by atoms with Gasteiger partial charge in [0, 0.05) is 12.0 Å². The highest BCUT2D eigenvalue weighted by atomic mass is 16.5. The molecule has 5 aliphatic rings. The van der Waals surface area contributed by atoms with Gasteiger partial charge in [0.1, 0.15) is 23.5 Å². The second-order valence-corrected chi connectivity index (χ2v) is 9.80. The summed E-state index contributed by atoms with van der Waals surface area (Å²) < 4.78 is 8.31. The topological polar surface area (TPSA) is 132 Å². The van der Waals surface area contributed by atoms with Gasteiger partial charge in [-0.1, -0.05) is 30.3 Å². The van der Waals surface area contributed by atoms with Gasteiger partial charge in [0.05, 0.1) is 16.6 Å². The fourth-order valence-corrected chi connectivity index (χ4v) is 6.08. The molecule has 2 fully saturated rings. The normalized spacial score (nSPS) is 35.3. The van der Waals surface area contributed by atoms with Gasteiger partial charge in [-0.2, -0.15) is 0 Å². The maximum atomic E-state index is 13.6. The number of hydrogen-bond donors (Lipinski definition) is 3. The Kier molecular flexibility index (Phi) is 3.44. The van der Waals surface area contributed by atoms with Crippen LogP contribution in [-0.2, 0) is 25.7 Å². The van der Waals surface area contributed by atoms with Gasteiger partial charge in [-0.05, 0) is 32.0 Å². The molecule has 1 spiro atoms. The second kappa shape index (κ2) is 5.90. The summed E-state index contributed by atoms with van der Waals surface area (Å²) in [4.78, 5) is 46.6. The highest BCUT2D eigenvalue weighted by Crippen LogP contribution is 2.56. The smallest absolute Gasteiger partial charge is 0.263 e. The van der Waals surface area contributed by atoms with Crippen molar-refractivity contribution >= 4 is 28.4 Å². The number of nitrogens with two attached hydrogens (primary N) is 1. The summed E-state index contributed by atoms with van der Waals surface area (Å²) in [5.74, 6) is -0.291. The van der Waals surface area contributed by atoms with E-state index in [4.69, 9.17) is 15.5 Å². The van der Waals surface area contributed by atoms with Crippen molar-refractivity contribution in [2.24, 2.45) is 5.73 Å². The number of carbonyl (C=O) groups excluding carboxylic acids is 2. The van der Waals surface area contributed by atoms with Crippen LogP contribution in [0.25, 0.3) is 10.9 Å². The Balaban J connectivity index is 1.52. The van der Waals surface area contributed by atoms with Crippen LogP contribution in [0.5, 0.6) is 0 Å². The van der Waals surface area contributed by atoms with Crippen molar-refractivity contribution in [2.75, 3.05) is 4.90 Å². The Morgan fingerprint density at radius 2 is 1.82 bits per heavy atom. The molecular weight excluding hydrogens is 436 g/mol. The number of aromatic nitrogens is 2. The molecule has 3 aromatic rings. The van der Waals surface area contributed by atoms with Crippen LogP contribution in [0.3, 0.4) is 0 Å². The first-order valence-corrected chi connectivity index (χ1v) is 11.2. The lowest BCUT2D eigenvalue weighted by atomic mass is 9.86. The van der Waals surface area contributed by atoms with Crippen molar-refractivity contribution in [3.05, 3.63) is 70.3 Å². The fourth-order valence-electron chi connectivity index (χ4n) is 6.08. The molecule has 172 valence electrons. The Labute approximate surface area is 193 Å². The minimum atomic E-state index is -1.42. The number of carbonyl (C=O) groups is 2. The van der Waals surface area contributed by atoms with E-state index in [-0.39, 0.29) is 23.8 Å². The van der Waals surface area contributed by atoms with E-state index in [9.17, 15) is 14.4 Å². The summed E-state index contributed by atoms with van der Waals surface area (Å²) >= 11 is 0. The zero-order valence-corrected chi connectivity index (χ0v) is 18.5. The Bertz CT molecular complexity index is 1510. The van der Waals surface area contributed by atoms with Gasteiger partial charge < -0.3 is 15.8 Å². The van der Waals surface area contributed by atoms with Crippen molar-refractivity contribution in [1.82, 2.24) is 20.2 Å². The summed E-state index contributed by atoms with van der Waals surface area (Å²) in [6, 6.07) is 13.6. The molecule has 0 unspecified atom stereocenters. The van der Waals surface area contributed by atoms with Gasteiger partial charge in [0.2, 0.25) is 5.91 Å². The minimum absolute atomic E-state index is 0.121. The highest BCUT2D eigenvalue weighted by molar-refractivity contribution is 6.05. The van der Waals surface area contributed by atoms with Gasteiger partial charge in [0.25, 0.3) is 11.5 Å². The van der Waals surface area contributed by atoms with E-state index in [0.29, 0.717) is 22.4 Å². The van der Waals surface area contributed by atoms with Crippen molar-refractivity contribution in [3.8, 4) is 0 Å². The van der Waals surface area contributed by atoms with Crippen LogP contribution in [0.2, 0.25) is 0 Å². The van der Waals surface area contributed by atoms with Crippen LogP contribution >= 0.6 is 0 Å². The number of rotatable bonds is 0. The van der Waals surface area contributed by atoms with E-state index >= 15 is 0 Å². The summed E-state index contributed by atoms with van der Waals surface area (Å²) in [6.07, 6.45) is -0.544. The lowest BCUT2D eigenvalue weighted by Crippen LogP contribution is -2.59. The molecule has 0 saturated carbocycles. The average molecular weight is 458 g/mol. The van der Waals surface area contributed by atoms with Crippen LogP contribution in [0.1, 0.15) is 37.7 Å². The molecule has 2 aromatic carbocycles. The maximum absolute atomic E-state index is 13.6. The molecule has 2 bridgehead atoms. The lowest BCUT2D eigenvalue weighted by molar-refractivity contribution is -0.181. The summed E-state index contributed by atoms with van der Waals surface area (Å²) in [7, 11) is 0. The van der Waals surface area contributed by atoms with E-state index < -0.39 is 29.2 Å². The van der Waals surface area contributed by atoms with Gasteiger partial charge >= 0.3 is 0 Å². The molecular formula is C24H22N6O4. The zero-order chi connectivity index (χ0) is 23.6. The Hall–Kier alpha value is -3.60. The van der Waals surface area contributed by atoms with Gasteiger partial charge in [-0.15, -0.1) is 0 Å². The summed E-state index contributed by atoms with van der Waals surface area (Å²) in [6.45, 7) is 3.32. The van der Waals surface area contributed by atoms with Crippen molar-refractivity contribution in [3.63, 3.8) is 0 Å². The number of hydrogen-bond acceptors (Lipinski definition) is 7. The van der Waals surface area contributed by atoms with Crippen LogP contribution in [0.15, 0.2) is 53.3 Å². The molecule has 1 aromatic heterocycles. The van der Waals surface area contributed by atoms with Crippen molar-refractivity contribution in [1.29, 1.82) is 0 Å². The third-order valence-corrected chi connectivity index (χ3v) is 7.51. The first kappa shape index (κ1) is 19.8. The van der Waals surface area contributed by atoms with E-state index in [1.807, 2.05) is 30.3 Å². The third-order valence-electron chi connectivity index (χ3n) is 7.51. The van der Waals surface area contributed by atoms with E-state index in [2.05, 4.69) is 10.6 Å².